The fourth-order valence-electron chi connectivity index (χ4n) is 1.59. The first-order valence-electron chi connectivity index (χ1n) is 5.84. The molecule has 0 aliphatic carbocycles. The van der Waals surface area contributed by atoms with Gasteiger partial charge in [-0.05, 0) is 32.9 Å². The first-order valence-corrected chi connectivity index (χ1v) is 6.83. The van der Waals surface area contributed by atoms with Crippen LogP contribution in [0.1, 0.15) is 20.8 Å². The van der Waals surface area contributed by atoms with Gasteiger partial charge < -0.3 is 9.47 Å². The molecule has 1 aliphatic rings. The molecule has 18 heavy (non-hydrogen) atoms. The third kappa shape index (κ3) is 3.32. The number of amides is 1. The number of thioether (sulfide) groups is 1. The van der Waals surface area contributed by atoms with E-state index in [9.17, 15) is 4.79 Å². The van der Waals surface area contributed by atoms with Crippen LogP contribution in [0, 0.1) is 0 Å². The van der Waals surface area contributed by atoms with E-state index in [4.69, 9.17) is 9.47 Å². The lowest BCUT2D eigenvalue weighted by Gasteiger charge is -2.22. The van der Waals surface area contributed by atoms with Crippen LogP contribution in [0.2, 0.25) is 0 Å². The minimum Gasteiger partial charge on any atom is -0.491 e. The first-order chi connectivity index (χ1) is 8.46. The van der Waals surface area contributed by atoms with Gasteiger partial charge in [0.1, 0.15) is 11.4 Å². The molecule has 4 nitrogen and oxygen atoms in total. The van der Waals surface area contributed by atoms with Crippen LogP contribution in [0.15, 0.2) is 23.1 Å². The van der Waals surface area contributed by atoms with Gasteiger partial charge in [-0.15, -0.1) is 11.8 Å². The predicted octanol–water partition coefficient (Wildman–Crippen LogP) is 3.52. The van der Waals surface area contributed by atoms with Gasteiger partial charge in [0, 0.05) is 5.75 Å². The number of nitrogens with one attached hydrogen (secondary N) is 1. The molecule has 0 atom stereocenters. The summed E-state index contributed by atoms with van der Waals surface area (Å²) in [5.74, 6) is 1.71. The molecule has 0 saturated carbocycles. The molecule has 1 heterocycles. The summed E-state index contributed by atoms with van der Waals surface area (Å²) >= 11 is 1.68. The van der Waals surface area contributed by atoms with Gasteiger partial charge in [0.15, 0.2) is 0 Å². The highest BCUT2D eigenvalue weighted by Gasteiger charge is 2.20. The number of ether oxygens (including phenoxy) is 2. The van der Waals surface area contributed by atoms with E-state index in [0.29, 0.717) is 6.61 Å². The lowest BCUT2D eigenvalue weighted by Crippen LogP contribution is -2.27. The monoisotopic (exact) mass is 267 g/mol. The Labute approximate surface area is 111 Å². The van der Waals surface area contributed by atoms with Crippen molar-refractivity contribution >= 4 is 23.5 Å². The zero-order chi connectivity index (χ0) is 13.2. The lowest BCUT2D eigenvalue weighted by molar-refractivity contribution is 0.0635. The second-order valence-electron chi connectivity index (χ2n) is 4.96. The molecular weight excluding hydrogens is 250 g/mol. The molecule has 0 unspecified atom stereocenters. The zero-order valence-electron chi connectivity index (χ0n) is 10.8. The third-order valence-corrected chi connectivity index (χ3v) is 3.28. The number of rotatable bonds is 1. The largest absolute Gasteiger partial charge is 0.491 e. The van der Waals surface area contributed by atoms with Crippen molar-refractivity contribution < 1.29 is 14.3 Å². The van der Waals surface area contributed by atoms with Crippen LogP contribution in [-0.2, 0) is 4.74 Å². The molecule has 2 rings (SSSR count). The average Bonchev–Trinajstić information content (AvgIpc) is 2.27. The number of benzene rings is 1. The molecule has 0 spiro atoms. The van der Waals surface area contributed by atoms with Gasteiger partial charge in [-0.1, -0.05) is 6.07 Å². The van der Waals surface area contributed by atoms with Crippen molar-refractivity contribution in [2.45, 2.75) is 31.3 Å². The lowest BCUT2D eigenvalue weighted by atomic mass is 10.2. The summed E-state index contributed by atoms with van der Waals surface area (Å²) in [5, 5.41) is 2.76. The molecule has 0 fully saturated rings. The van der Waals surface area contributed by atoms with Crippen molar-refractivity contribution in [1.82, 2.24) is 0 Å². The Balaban J connectivity index is 2.12. The minimum absolute atomic E-state index is 0.443. The van der Waals surface area contributed by atoms with E-state index < -0.39 is 11.7 Å². The molecule has 5 heteroatoms. The highest BCUT2D eigenvalue weighted by Crippen LogP contribution is 2.39. The normalized spacial score (nSPS) is 14.4. The van der Waals surface area contributed by atoms with Gasteiger partial charge in [0.2, 0.25) is 0 Å². The predicted molar refractivity (Wildman–Crippen MR) is 72.5 cm³/mol. The van der Waals surface area contributed by atoms with E-state index in [1.54, 1.807) is 11.8 Å². The summed E-state index contributed by atoms with van der Waals surface area (Å²) in [6.45, 7) is 6.22. The van der Waals surface area contributed by atoms with E-state index >= 15 is 0 Å². The van der Waals surface area contributed by atoms with E-state index in [1.165, 1.54) is 0 Å². The van der Waals surface area contributed by atoms with Crippen molar-refractivity contribution in [3.05, 3.63) is 18.2 Å². The number of carbonyl (C=O) groups is 1. The van der Waals surface area contributed by atoms with Crippen LogP contribution >= 0.6 is 11.8 Å². The Kier molecular flexibility index (Phi) is 3.71. The summed E-state index contributed by atoms with van der Waals surface area (Å²) in [6, 6.07) is 5.61. The molecule has 1 aromatic carbocycles. The molecule has 0 saturated heterocycles. The number of hydrogen-bond donors (Lipinski definition) is 1. The molecule has 1 N–H and O–H groups in total. The van der Waals surface area contributed by atoms with E-state index in [-0.39, 0.29) is 0 Å². The van der Waals surface area contributed by atoms with Gasteiger partial charge in [-0.2, -0.15) is 0 Å². The maximum atomic E-state index is 11.7. The highest BCUT2D eigenvalue weighted by molar-refractivity contribution is 7.99. The summed E-state index contributed by atoms with van der Waals surface area (Å²) in [7, 11) is 0. The number of anilines is 1. The van der Waals surface area contributed by atoms with E-state index in [2.05, 4.69) is 5.32 Å². The number of fused-ring (bicyclic) bond motifs is 1. The van der Waals surface area contributed by atoms with Gasteiger partial charge in [0.05, 0.1) is 17.2 Å². The Hall–Kier alpha value is -1.36. The fraction of sp³-hybridized carbons (Fsp3) is 0.462. The Morgan fingerprint density at radius 1 is 1.44 bits per heavy atom. The molecule has 1 amide bonds. The molecule has 1 aromatic rings. The van der Waals surface area contributed by atoms with Crippen LogP contribution in [0.4, 0.5) is 10.5 Å². The second-order valence-corrected chi connectivity index (χ2v) is 6.06. The Morgan fingerprint density at radius 2 is 2.22 bits per heavy atom. The smallest absolute Gasteiger partial charge is 0.412 e. The maximum absolute atomic E-state index is 11.7. The number of carbonyl (C=O) groups excluding carboxylic acids is 1. The van der Waals surface area contributed by atoms with Crippen LogP contribution in [0.25, 0.3) is 0 Å². The van der Waals surface area contributed by atoms with Crippen molar-refractivity contribution in [1.29, 1.82) is 0 Å². The minimum atomic E-state index is -0.497. The molecule has 0 aromatic heterocycles. The standard InChI is InChI=1S/C13H17NO3S/c1-13(2,3)17-12(15)14-9-5-4-6-10-11(9)18-8-7-16-10/h4-6H,7-8H2,1-3H3,(H,14,15). The Morgan fingerprint density at radius 3 is 2.94 bits per heavy atom. The van der Waals surface area contributed by atoms with E-state index in [1.807, 2.05) is 39.0 Å². The van der Waals surface area contributed by atoms with Crippen LogP contribution < -0.4 is 10.1 Å². The van der Waals surface area contributed by atoms with Crippen molar-refractivity contribution in [3.8, 4) is 5.75 Å². The summed E-state index contributed by atoms with van der Waals surface area (Å²) in [6.07, 6.45) is -0.443. The van der Waals surface area contributed by atoms with Gasteiger partial charge in [-0.25, -0.2) is 4.79 Å². The summed E-state index contributed by atoms with van der Waals surface area (Å²) in [5.41, 5.74) is 0.245. The third-order valence-electron chi connectivity index (χ3n) is 2.20. The number of hydrogen-bond acceptors (Lipinski definition) is 4. The molecule has 0 bridgehead atoms. The van der Waals surface area contributed by atoms with Crippen molar-refractivity contribution in [2.75, 3.05) is 17.7 Å². The highest BCUT2D eigenvalue weighted by atomic mass is 32.2. The summed E-state index contributed by atoms with van der Waals surface area (Å²) < 4.78 is 10.8. The van der Waals surface area contributed by atoms with Crippen LogP contribution in [0.3, 0.4) is 0 Å². The SMILES string of the molecule is CC(C)(C)OC(=O)Nc1cccc2c1SCCO2. The van der Waals surface area contributed by atoms with Crippen LogP contribution in [-0.4, -0.2) is 24.1 Å². The summed E-state index contributed by atoms with van der Waals surface area (Å²) in [4.78, 5) is 12.7. The topological polar surface area (TPSA) is 47.6 Å². The van der Waals surface area contributed by atoms with Gasteiger partial charge >= 0.3 is 6.09 Å². The maximum Gasteiger partial charge on any atom is 0.412 e. The van der Waals surface area contributed by atoms with Gasteiger partial charge in [-0.3, -0.25) is 5.32 Å². The second kappa shape index (κ2) is 5.10. The molecule has 98 valence electrons. The van der Waals surface area contributed by atoms with Gasteiger partial charge in [0.25, 0.3) is 0 Å². The zero-order valence-corrected chi connectivity index (χ0v) is 11.6. The molecule has 1 aliphatic heterocycles. The molecular formula is C13H17NO3S. The van der Waals surface area contributed by atoms with Crippen molar-refractivity contribution in [3.63, 3.8) is 0 Å². The fourth-order valence-corrected chi connectivity index (χ4v) is 2.50. The van der Waals surface area contributed by atoms with E-state index in [0.717, 1.165) is 22.1 Å². The van der Waals surface area contributed by atoms with Crippen molar-refractivity contribution in [2.24, 2.45) is 0 Å². The quantitative estimate of drug-likeness (QED) is 0.845. The molecule has 0 radical (unpaired) electrons. The first kappa shape index (κ1) is 13.1. The Bertz CT molecular complexity index is 454. The van der Waals surface area contributed by atoms with Crippen LogP contribution in [0.5, 0.6) is 5.75 Å². The average molecular weight is 267 g/mol.